The van der Waals surface area contributed by atoms with Crippen LogP contribution in [0.1, 0.15) is 16.7 Å². The molecule has 0 aromatic heterocycles. The van der Waals surface area contributed by atoms with E-state index in [1.165, 1.54) is 13.2 Å². The predicted molar refractivity (Wildman–Crippen MR) is 126 cm³/mol. The highest BCUT2D eigenvalue weighted by atomic mass is 35.5. The van der Waals surface area contributed by atoms with Crippen molar-refractivity contribution in [3.8, 4) is 17.6 Å². The Hall–Kier alpha value is -3.81. The van der Waals surface area contributed by atoms with Gasteiger partial charge in [0.2, 0.25) is 0 Å². The van der Waals surface area contributed by atoms with Crippen LogP contribution >= 0.6 is 11.6 Å². The number of hydrogen-bond donors (Lipinski definition) is 0. The van der Waals surface area contributed by atoms with Gasteiger partial charge in [0.25, 0.3) is 0 Å². The second-order valence-electron chi connectivity index (χ2n) is 7.15. The maximum atomic E-state index is 13.9. The van der Waals surface area contributed by atoms with E-state index in [9.17, 15) is 9.65 Å². The van der Waals surface area contributed by atoms with Gasteiger partial charge in [-0.1, -0.05) is 66.2 Å². The Labute approximate surface area is 190 Å². The van der Waals surface area contributed by atoms with E-state index in [0.717, 1.165) is 16.3 Å². The largest absolute Gasteiger partial charge is 0.493 e. The maximum Gasteiger partial charge on any atom is 0.180 e. The summed E-state index contributed by atoms with van der Waals surface area (Å²) in [5.41, 5.74) is 2.41. The smallest absolute Gasteiger partial charge is 0.180 e. The van der Waals surface area contributed by atoms with Crippen molar-refractivity contribution in [2.45, 2.75) is 6.61 Å². The molecule has 0 fully saturated rings. The zero-order chi connectivity index (χ0) is 22.5. The molecule has 5 heteroatoms. The molecule has 0 aliphatic carbocycles. The number of nitrogens with zero attached hydrogens (tertiary/aromatic N) is 1. The van der Waals surface area contributed by atoms with Gasteiger partial charge in [0.1, 0.15) is 12.4 Å². The monoisotopic (exact) mass is 443 g/mol. The molecule has 0 spiro atoms. The number of nitriles is 1. The highest BCUT2D eigenvalue weighted by molar-refractivity contribution is 6.32. The van der Waals surface area contributed by atoms with Gasteiger partial charge < -0.3 is 9.47 Å². The molecule has 0 unspecified atom stereocenters. The zero-order valence-corrected chi connectivity index (χ0v) is 18.1. The van der Waals surface area contributed by atoms with Crippen molar-refractivity contribution in [2.24, 2.45) is 0 Å². The molecular weight excluding hydrogens is 425 g/mol. The molecule has 4 rings (SSSR count). The standard InChI is InChI=1S/C27H19ClFNO2/c1-31-26-14-18(13-24(28)27(26)32-17-22-8-4-5-9-25(22)29)12-23(16-30)21-11-10-19-6-2-3-7-20(19)15-21/h2-15H,17H2,1H3/b23-12-. The quantitative estimate of drug-likeness (QED) is 0.232. The van der Waals surface area contributed by atoms with E-state index in [4.69, 9.17) is 21.1 Å². The SMILES string of the molecule is COc1cc(/C=C(/C#N)c2ccc3ccccc3c2)cc(Cl)c1OCc1ccccc1F. The van der Waals surface area contributed by atoms with E-state index >= 15 is 0 Å². The lowest BCUT2D eigenvalue weighted by atomic mass is 10.00. The summed E-state index contributed by atoms with van der Waals surface area (Å²) in [4.78, 5) is 0. The minimum absolute atomic E-state index is 0.0124. The number of hydrogen-bond acceptors (Lipinski definition) is 3. The van der Waals surface area contributed by atoms with Gasteiger partial charge in [-0.05, 0) is 52.2 Å². The minimum Gasteiger partial charge on any atom is -0.493 e. The van der Waals surface area contributed by atoms with E-state index in [-0.39, 0.29) is 12.4 Å². The molecule has 0 saturated carbocycles. The number of fused-ring (bicyclic) bond motifs is 1. The Morgan fingerprint density at radius 1 is 1.00 bits per heavy atom. The molecule has 4 aromatic rings. The average molecular weight is 444 g/mol. The van der Waals surface area contributed by atoms with Crippen LogP contribution < -0.4 is 9.47 Å². The molecule has 0 amide bonds. The van der Waals surface area contributed by atoms with Gasteiger partial charge in [0, 0.05) is 5.56 Å². The van der Waals surface area contributed by atoms with Crippen LogP contribution in [0.3, 0.4) is 0 Å². The fraction of sp³-hybridized carbons (Fsp3) is 0.0741. The van der Waals surface area contributed by atoms with Crippen LogP contribution in [-0.2, 0) is 6.61 Å². The Bertz CT molecular complexity index is 1360. The van der Waals surface area contributed by atoms with Crippen molar-refractivity contribution in [3.63, 3.8) is 0 Å². The molecule has 0 saturated heterocycles. The first-order valence-electron chi connectivity index (χ1n) is 9.94. The summed E-state index contributed by atoms with van der Waals surface area (Å²) in [6.07, 6.45) is 1.75. The van der Waals surface area contributed by atoms with Crippen molar-refractivity contribution >= 4 is 34.0 Å². The van der Waals surface area contributed by atoms with E-state index < -0.39 is 0 Å². The number of halogens is 2. The summed E-state index contributed by atoms with van der Waals surface area (Å²) < 4.78 is 25.1. The second kappa shape index (κ2) is 9.55. The molecule has 0 N–H and O–H groups in total. The molecule has 158 valence electrons. The molecule has 32 heavy (non-hydrogen) atoms. The summed E-state index contributed by atoms with van der Waals surface area (Å²) in [5.74, 6) is 0.367. The third kappa shape index (κ3) is 4.59. The Balaban J connectivity index is 1.65. The van der Waals surface area contributed by atoms with Crippen molar-refractivity contribution in [1.29, 1.82) is 5.26 Å². The first kappa shape index (κ1) is 21.4. The van der Waals surface area contributed by atoms with Crippen LogP contribution in [-0.4, -0.2) is 7.11 Å². The van der Waals surface area contributed by atoms with Crippen LogP contribution in [0, 0.1) is 17.1 Å². The number of methoxy groups -OCH3 is 1. The molecule has 3 nitrogen and oxygen atoms in total. The van der Waals surface area contributed by atoms with Gasteiger partial charge in [-0.25, -0.2) is 4.39 Å². The van der Waals surface area contributed by atoms with Gasteiger partial charge in [0.05, 0.1) is 23.8 Å². The van der Waals surface area contributed by atoms with Gasteiger partial charge in [-0.15, -0.1) is 0 Å². The van der Waals surface area contributed by atoms with Gasteiger partial charge in [-0.2, -0.15) is 5.26 Å². The Morgan fingerprint density at radius 2 is 1.75 bits per heavy atom. The molecule has 0 aliphatic heterocycles. The van der Waals surface area contributed by atoms with E-state index in [1.807, 2.05) is 42.5 Å². The third-order valence-corrected chi connectivity index (χ3v) is 5.35. The van der Waals surface area contributed by atoms with Crippen LogP contribution in [0.5, 0.6) is 11.5 Å². The lowest BCUT2D eigenvalue weighted by Crippen LogP contribution is -2.01. The number of rotatable bonds is 6. The zero-order valence-electron chi connectivity index (χ0n) is 17.3. The first-order valence-corrected chi connectivity index (χ1v) is 10.3. The summed E-state index contributed by atoms with van der Waals surface area (Å²) in [5, 5.41) is 12.2. The number of benzene rings is 4. The molecular formula is C27H19ClFNO2. The molecule has 0 bridgehead atoms. The van der Waals surface area contributed by atoms with E-state index in [0.29, 0.717) is 33.2 Å². The second-order valence-corrected chi connectivity index (χ2v) is 7.55. The Kier molecular flexibility index (Phi) is 6.39. The molecule has 0 atom stereocenters. The van der Waals surface area contributed by atoms with Crippen LogP contribution in [0.15, 0.2) is 78.9 Å². The molecule has 0 aliphatic rings. The minimum atomic E-state index is -0.351. The molecule has 0 heterocycles. The van der Waals surface area contributed by atoms with Crippen molar-refractivity contribution in [2.75, 3.05) is 7.11 Å². The first-order chi connectivity index (χ1) is 15.6. The normalized spacial score (nSPS) is 11.2. The predicted octanol–water partition coefficient (Wildman–Crippen LogP) is 7.28. The van der Waals surface area contributed by atoms with Gasteiger partial charge in [-0.3, -0.25) is 0 Å². The highest BCUT2D eigenvalue weighted by Gasteiger charge is 2.14. The van der Waals surface area contributed by atoms with Crippen molar-refractivity contribution < 1.29 is 13.9 Å². The van der Waals surface area contributed by atoms with E-state index in [2.05, 4.69) is 6.07 Å². The summed E-state index contributed by atoms with van der Waals surface area (Å²) in [6.45, 7) is 0.0124. The maximum absolute atomic E-state index is 13.9. The molecule has 4 aromatic carbocycles. The molecule has 0 radical (unpaired) electrons. The van der Waals surface area contributed by atoms with Gasteiger partial charge >= 0.3 is 0 Å². The third-order valence-electron chi connectivity index (χ3n) is 5.07. The summed E-state index contributed by atoms with van der Waals surface area (Å²) in [6, 6.07) is 25.9. The highest BCUT2D eigenvalue weighted by Crippen LogP contribution is 2.38. The van der Waals surface area contributed by atoms with E-state index in [1.54, 1.807) is 36.4 Å². The average Bonchev–Trinajstić information content (AvgIpc) is 2.82. The number of allylic oxidation sites excluding steroid dienone is 1. The summed E-state index contributed by atoms with van der Waals surface area (Å²) in [7, 11) is 1.50. The van der Waals surface area contributed by atoms with Crippen molar-refractivity contribution in [3.05, 3.63) is 106 Å². The lowest BCUT2D eigenvalue weighted by Gasteiger charge is -2.14. The fourth-order valence-electron chi connectivity index (χ4n) is 3.43. The van der Waals surface area contributed by atoms with Crippen LogP contribution in [0.2, 0.25) is 5.02 Å². The summed E-state index contributed by atoms with van der Waals surface area (Å²) >= 11 is 6.46. The van der Waals surface area contributed by atoms with Crippen LogP contribution in [0.25, 0.3) is 22.4 Å². The van der Waals surface area contributed by atoms with Crippen LogP contribution in [0.4, 0.5) is 4.39 Å². The van der Waals surface area contributed by atoms with Crippen molar-refractivity contribution in [1.82, 2.24) is 0 Å². The van der Waals surface area contributed by atoms with Gasteiger partial charge in [0.15, 0.2) is 11.5 Å². The lowest BCUT2D eigenvalue weighted by molar-refractivity contribution is 0.280. The Morgan fingerprint density at radius 3 is 2.50 bits per heavy atom. The topological polar surface area (TPSA) is 42.2 Å². The fourth-order valence-corrected chi connectivity index (χ4v) is 3.71. The number of ether oxygens (including phenoxy) is 2.